The van der Waals surface area contributed by atoms with Crippen molar-refractivity contribution in [3.8, 4) is 73.6 Å². The van der Waals surface area contributed by atoms with Crippen LogP contribution in [0.3, 0.4) is 0 Å². The number of nitrogens with zero attached hydrogens (tertiary/aromatic N) is 4. The highest BCUT2D eigenvalue weighted by molar-refractivity contribution is 6.12. The molecule has 0 spiro atoms. The fourth-order valence-electron chi connectivity index (χ4n) is 6.62. The lowest BCUT2D eigenvalue weighted by molar-refractivity contribution is 0.670. The summed E-state index contributed by atoms with van der Waals surface area (Å²) < 4.78 is 6.54. The van der Waals surface area contributed by atoms with Crippen LogP contribution in [-0.2, 0) is 0 Å². The van der Waals surface area contributed by atoms with Crippen LogP contribution in [0.5, 0.6) is 0 Å². The Bertz CT molecular complexity index is 2710. The third kappa shape index (κ3) is 5.61. The van der Waals surface area contributed by atoms with Gasteiger partial charge < -0.3 is 4.42 Å². The second kappa shape index (κ2) is 12.7. The van der Waals surface area contributed by atoms with E-state index in [4.69, 9.17) is 19.4 Å². The first-order chi connectivity index (χ1) is 25.2. The minimum Gasteiger partial charge on any atom is -0.455 e. The lowest BCUT2D eigenvalue weighted by Crippen LogP contribution is -2.00. The molecule has 2 aromatic heterocycles. The van der Waals surface area contributed by atoms with E-state index in [1.807, 2.05) is 91.0 Å². The summed E-state index contributed by atoms with van der Waals surface area (Å²) >= 11 is 0. The second-order valence-corrected chi connectivity index (χ2v) is 12.3. The van der Waals surface area contributed by atoms with E-state index in [-0.39, 0.29) is 0 Å². The maximum Gasteiger partial charge on any atom is 0.164 e. The number of hydrogen-bond donors (Lipinski definition) is 0. The average molecular weight is 653 g/mol. The maximum atomic E-state index is 9.41. The normalized spacial score (nSPS) is 11.1. The number of aromatic nitrogens is 3. The molecule has 0 radical (unpaired) electrons. The number of hydrogen-bond acceptors (Lipinski definition) is 5. The Balaban J connectivity index is 1.16. The molecule has 0 N–H and O–H groups in total. The Morgan fingerprint density at radius 2 is 0.863 bits per heavy atom. The topological polar surface area (TPSA) is 75.6 Å². The van der Waals surface area contributed by atoms with Crippen LogP contribution in [-0.4, -0.2) is 15.0 Å². The second-order valence-electron chi connectivity index (χ2n) is 12.3. The molecule has 0 unspecified atom stereocenters. The van der Waals surface area contributed by atoms with Crippen LogP contribution in [0, 0.1) is 11.3 Å². The number of furan rings is 1. The molecule has 0 saturated carbocycles. The molecule has 0 bridgehead atoms. The van der Waals surface area contributed by atoms with Gasteiger partial charge in [-0.1, -0.05) is 146 Å². The highest BCUT2D eigenvalue weighted by atomic mass is 16.3. The Labute approximate surface area is 294 Å². The summed E-state index contributed by atoms with van der Waals surface area (Å²) in [6, 6.07) is 59.3. The minimum atomic E-state index is 0.590. The van der Waals surface area contributed by atoms with Gasteiger partial charge in [0, 0.05) is 33.0 Å². The molecular weight excluding hydrogens is 625 g/mol. The lowest BCUT2D eigenvalue weighted by atomic mass is 9.91. The standard InChI is InChI=1S/C46H28N4O/c47-29-30-15-17-33(18-16-30)38-27-28-40-39-13-7-8-14-41(39)51-43(40)42(38)34-21-25-37(26-22-34)46-49-44(35-11-5-2-6-12-35)48-45(50-46)36-23-19-32(20-24-36)31-9-3-1-4-10-31/h1-28H. The summed E-state index contributed by atoms with van der Waals surface area (Å²) in [4.78, 5) is 14.9. The van der Waals surface area contributed by atoms with Gasteiger partial charge in [0.25, 0.3) is 0 Å². The van der Waals surface area contributed by atoms with Crippen LogP contribution >= 0.6 is 0 Å². The van der Waals surface area contributed by atoms with Crippen LogP contribution in [0.25, 0.3) is 89.5 Å². The molecule has 0 saturated heterocycles. The summed E-state index contributed by atoms with van der Waals surface area (Å²) in [5.41, 5.74) is 11.3. The molecule has 2 heterocycles. The molecule has 51 heavy (non-hydrogen) atoms. The highest BCUT2D eigenvalue weighted by Gasteiger charge is 2.19. The first kappa shape index (κ1) is 29.9. The molecule has 238 valence electrons. The van der Waals surface area contributed by atoms with Crippen molar-refractivity contribution in [2.24, 2.45) is 0 Å². The molecule has 9 aromatic rings. The van der Waals surface area contributed by atoms with Gasteiger partial charge in [-0.25, -0.2) is 15.0 Å². The predicted octanol–water partition coefficient (Wildman–Crippen LogP) is 11.6. The van der Waals surface area contributed by atoms with E-state index in [2.05, 4.69) is 84.9 Å². The number of para-hydroxylation sites is 1. The predicted molar refractivity (Wildman–Crippen MR) is 204 cm³/mol. The zero-order chi connectivity index (χ0) is 34.1. The fraction of sp³-hybridized carbons (Fsp3) is 0. The Kier molecular flexibility index (Phi) is 7.46. The molecule has 5 heteroatoms. The van der Waals surface area contributed by atoms with E-state index >= 15 is 0 Å². The molecular formula is C46H28N4O. The van der Waals surface area contributed by atoms with Crippen molar-refractivity contribution in [2.45, 2.75) is 0 Å². The lowest BCUT2D eigenvalue weighted by Gasteiger charge is -2.13. The first-order valence-corrected chi connectivity index (χ1v) is 16.7. The summed E-state index contributed by atoms with van der Waals surface area (Å²) in [7, 11) is 0. The van der Waals surface area contributed by atoms with Gasteiger partial charge in [-0.15, -0.1) is 0 Å². The van der Waals surface area contributed by atoms with Crippen molar-refractivity contribution in [1.82, 2.24) is 15.0 Å². The molecule has 7 aromatic carbocycles. The van der Waals surface area contributed by atoms with Gasteiger partial charge in [0.1, 0.15) is 11.2 Å². The van der Waals surface area contributed by atoms with Crippen molar-refractivity contribution >= 4 is 21.9 Å². The summed E-state index contributed by atoms with van der Waals surface area (Å²) in [6.45, 7) is 0. The van der Waals surface area contributed by atoms with E-state index in [0.717, 1.165) is 72.0 Å². The van der Waals surface area contributed by atoms with Gasteiger partial charge in [0.05, 0.1) is 11.6 Å². The number of rotatable bonds is 6. The van der Waals surface area contributed by atoms with Crippen molar-refractivity contribution < 1.29 is 4.42 Å². The van der Waals surface area contributed by atoms with Gasteiger partial charge >= 0.3 is 0 Å². The fourth-order valence-corrected chi connectivity index (χ4v) is 6.62. The Hall–Kier alpha value is -7.16. The van der Waals surface area contributed by atoms with E-state index in [0.29, 0.717) is 23.0 Å². The van der Waals surface area contributed by atoms with Gasteiger partial charge in [-0.05, 0) is 52.1 Å². The van der Waals surface area contributed by atoms with Gasteiger partial charge in [0.2, 0.25) is 0 Å². The summed E-state index contributed by atoms with van der Waals surface area (Å²) in [6.07, 6.45) is 0. The van der Waals surface area contributed by atoms with Crippen LogP contribution < -0.4 is 0 Å². The smallest absolute Gasteiger partial charge is 0.164 e. The minimum absolute atomic E-state index is 0.590. The maximum absolute atomic E-state index is 9.41. The van der Waals surface area contributed by atoms with Crippen molar-refractivity contribution in [2.75, 3.05) is 0 Å². The Morgan fingerprint density at radius 3 is 1.47 bits per heavy atom. The van der Waals surface area contributed by atoms with Crippen LogP contribution in [0.4, 0.5) is 0 Å². The van der Waals surface area contributed by atoms with Crippen molar-refractivity contribution in [3.05, 3.63) is 175 Å². The van der Waals surface area contributed by atoms with Crippen LogP contribution in [0.1, 0.15) is 5.56 Å². The van der Waals surface area contributed by atoms with Gasteiger partial charge in [-0.3, -0.25) is 0 Å². The van der Waals surface area contributed by atoms with E-state index in [9.17, 15) is 5.26 Å². The van der Waals surface area contributed by atoms with Crippen LogP contribution in [0.15, 0.2) is 174 Å². The zero-order valence-corrected chi connectivity index (χ0v) is 27.4. The largest absolute Gasteiger partial charge is 0.455 e. The molecule has 0 amide bonds. The molecule has 9 rings (SSSR count). The average Bonchev–Trinajstić information content (AvgIpc) is 3.60. The van der Waals surface area contributed by atoms with E-state index in [1.165, 1.54) is 0 Å². The molecule has 0 atom stereocenters. The zero-order valence-electron chi connectivity index (χ0n) is 27.4. The van der Waals surface area contributed by atoms with Crippen molar-refractivity contribution in [3.63, 3.8) is 0 Å². The monoisotopic (exact) mass is 652 g/mol. The van der Waals surface area contributed by atoms with Crippen molar-refractivity contribution in [1.29, 1.82) is 5.26 Å². The van der Waals surface area contributed by atoms with Gasteiger partial charge in [0.15, 0.2) is 17.5 Å². The molecule has 0 aliphatic heterocycles. The number of nitriles is 1. The molecule has 0 aliphatic carbocycles. The van der Waals surface area contributed by atoms with E-state index < -0.39 is 0 Å². The Morgan fingerprint density at radius 1 is 0.392 bits per heavy atom. The summed E-state index contributed by atoms with van der Waals surface area (Å²) in [5, 5.41) is 11.5. The third-order valence-corrected chi connectivity index (χ3v) is 9.22. The summed E-state index contributed by atoms with van der Waals surface area (Å²) in [5.74, 6) is 1.81. The quantitative estimate of drug-likeness (QED) is 0.179. The number of benzene rings is 7. The van der Waals surface area contributed by atoms with Crippen LogP contribution in [0.2, 0.25) is 0 Å². The molecule has 0 fully saturated rings. The molecule has 5 nitrogen and oxygen atoms in total. The third-order valence-electron chi connectivity index (χ3n) is 9.22. The SMILES string of the molecule is N#Cc1ccc(-c2ccc3c(oc4ccccc43)c2-c2ccc(-c3nc(-c4ccccc4)nc(-c4ccc(-c5ccccc5)cc4)n3)cc2)cc1. The van der Waals surface area contributed by atoms with E-state index in [1.54, 1.807) is 0 Å². The van der Waals surface area contributed by atoms with Gasteiger partial charge in [-0.2, -0.15) is 5.26 Å². The number of fused-ring (bicyclic) bond motifs is 3. The highest BCUT2D eigenvalue weighted by Crippen LogP contribution is 2.42. The molecule has 0 aliphatic rings. The first-order valence-electron chi connectivity index (χ1n) is 16.7.